The molecule has 1 aromatic carbocycles. The van der Waals surface area contributed by atoms with Crippen LogP contribution in [0.3, 0.4) is 0 Å². The Morgan fingerprint density at radius 1 is 1.39 bits per heavy atom. The maximum absolute atomic E-state index is 11.4. The Morgan fingerprint density at radius 2 is 2.06 bits per heavy atom. The van der Waals surface area contributed by atoms with E-state index >= 15 is 0 Å². The molecule has 94 valence electrons. The van der Waals surface area contributed by atoms with Gasteiger partial charge in [-0.25, -0.2) is 4.68 Å². The number of aryl methyl sites for hydroxylation is 1. The Hall–Kier alpha value is -2.01. The lowest BCUT2D eigenvalue weighted by molar-refractivity contribution is 0.1000. The van der Waals surface area contributed by atoms with Gasteiger partial charge in [-0.2, -0.15) is 5.10 Å². The molecule has 0 saturated carbocycles. The number of carbonyl (C=O) groups is 1. The molecule has 1 heterocycles. The molecule has 0 bridgehead atoms. The Balaban J connectivity index is 2.73. The fourth-order valence-corrected chi connectivity index (χ4v) is 1.91. The van der Waals surface area contributed by atoms with Crippen LogP contribution in [0.15, 0.2) is 18.2 Å². The summed E-state index contributed by atoms with van der Waals surface area (Å²) in [6.45, 7) is 3.61. The van der Waals surface area contributed by atoms with Gasteiger partial charge in [0.1, 0.15) is 0 Å². The van der Waals surface area contributed by atoms with Gasteiger partial charge in [0.25, 0.3) is 5.91 Å². The van der Waals surface area contributed by atoms with Gasteiger partial charge in [0.2, 0.25) is 0 Å². The van der Waals surface area contributed by atoms with Crippen LogP contribution in [-0.4, -0.2) is 15.7 Å². The van der Waals surface area contributed by atoms with Crippen LogP contribution in [0.4, 0.5) is 5.69 Å². The number of nitrogens with two attached hydrogens (primary N) is 2. The monoisotopic (exact) mass is 264 g/mol. The second-order valence-electron chi connectivity index (χ2n) is 4.04. The first-order chi connectivity index (χ1) is 8.41. The van der Waals surface area contributed by atoms with Gasteiger partial charge in [-0.3, -0.25) is 4.79 Å². The van der Waals surface area contributed by atoms with Gasteiger partial charge in [-0.15, -0.1) is 0 Å². The van der Waals surface area contributed by atoms with Crippen LogP contribution in [-0.2, 0) is 0 Å². The topological polar surface area (TPSA) is 86.9 Å². The Morgan fingerprint density at radius 3 is 2.56 bits per heavy atom. The molecule has 4 N–H and O–H groups in total. The highest BCUT2D eigenvalue weighted by molar-refractivity contribution is 6.31. The Labute approximate surface area is 109 Å². The van der Waals surface area contributed by atoms with Gasteiger partial charge in [0, 0.05) is 5.69 Å². The number of anilines is 1. The summed E-state index contributed by atoms with van der Waals surface area (Å²) < 4.78 is 1.58. The predicted molar refractivity (Wildman–Crippen MR) is 71.0 cm³/mol. The molecular formula is C12H13ClN4O. The zero-order valence-electron chi connectivity index (χ0n) is 10.1. The molecule has 0 atom stereocenters. The summed E-state index contributed by atoms with van der Waals surface area (Å²) in [5.41, 5.74) is 13.9. The number of nitrogen functional groups attached to an aromatic ring is 1. The molecule has 0 spiro atoms. The fraction of sp³-hybridized carbons (Fsp3) is 0.167. The van der Waals surface area contributed by atoms with E-state index in [2.05, 4.69) is 5.10 Å². The van der Waals surface area contributed by atoms with Crippen LogP contribution in [0.25, 0.3) is 5.69 Å². The molecule has 2 aromatic rings. The van der Waals surface area contributed by atoms with E-state index in [1.165, 1.54) is 0 Å². The van der Waals surface area contributed by atoms with Crippen molar-refractivity contribution in [2.24, 2.45) is 5.73 Å². The number of rotatable bonds is 2. The van der Waals surface area contributed by atoms with Crippen LogP contribution < -0.4 is 11.5 Å². The van der Waals surface area contributed by atoms with E-state index in [4.69, 9.17) is 23.1 Å². The normalized spacial score (nSPS) is 10.6. The van der Waals surface area contributed by atoms with Gasteiger partial charge < -0.3 is 11.5 Å². The minimum Gasteiger partial charge on any atom is -0.399 e. The number of hydrogen-bond donors (Lipinski definition) is 2. The van der Waals surface area contributed by atoms with Crippen molar-refractivity contribution in [2.45, 2.75) is 13.8 Å². The molecule has 2 rings (SSSR count). The van der Waals surface area contributed by atoms with Crippen molar-refractivity contribution in [1.29, 1.82) is 0 Å². The van der Waals surface area contributed by atoms with Crippen LogP contribution in [0.5, 0.6) is 0 Å². The van der Waals surface area contributed by atoms with E-state index in [9.17, 15) is 4.79 Å². The molecule has 0 fully saturated rings. The van der Waals surface area contributed by atoms with E-state index in [1.807, 2.05) is 6.92 Å². The second-order valence-corrected chi connectivity index (χ2v) is 4.42. The predicted octanol–water partition coefficient (Wildman–Crippen LogP) is 1.82. The largest absolute Gasteiger partial charge is 0.399 e. The van der Waals surface area contributed by atoms with Crippen molar-refractivity contribution in [3.05, 3.63) is 40.2 Å². The summed E-state index contributed by atoms with van der Waals surface area (Å²) in [6, 6.07) is 4.85. The lowest BCUT2D eigenvalue weighted by Gasteiger charge is -2.09. The number of primary amides is 1. The molecule has 1 amide bonds. The smallest absolute Gasteiger partial charge is 0.250 e. The third-order valence-corrected chi connectivity index (χ3v) is 3.27. The van der Waals surface area contributed by atoms with Gasteiger partial charge in [0.15, 0.2) is 0 Å². The number of nitrogens with zero attached hydrogens (tertiary/aromatic N) is 2. The summed E-state index contributed by atoms with van der Waals surface area (Å²) in [5.74, 6) is -0.534. The van der Waals surface area contributed by atoms with Crippen LogP contribution in [0.1, 0.15) is 21.7 Å². The average molecular weight is 265 g/mol. The van der Waals surface area contributed by atoms with Crippen molar-refractivity contribution >= 4 is 23.2 Å². The van der Waals surface area contributed by atoms with E-state index in [0.717, 1.165) is 5.69 Å². The van der Waals surface area contributed by atoms with Crippen LogP contribution in [0, 0.1) is 13.8 Å². The van der Waals surface area contributed by atoms with Crippen molar-refractivity contribution in [3.63, 3.8) is 0 Å². The van der Waals surface area contributed by atoms with Crippen LogP contribution in [0.2, 0.25) is 5.02 Å². The lowest BCUT2D eigenvalue weighted by atomic mass is 10.1. The SMILES string of the molecule is Cc1nn(-c2cc(N)ccc2C(N)=O)c(C)c1Cl. The van der Waals surface area contributed by atoms with Crippen molar-refractivity contribution in [2.75, 3.05) is 5.73 Å². The molecule has 0 aliphatic heterocycles. The summed E-state index contributed by atoms with van der Waals surface area (Å²) in [5, 5.41) is 4.85. The van der Waals surface area contributed by atoms with Crippen molar-refractivity contribution in [3.8, 4) is 5.69 Å². The maximum Gasteiger partial charge on any atom is 0.250 e. The number of benzene rings is 1. The summed E-state index contributed by atoms with van der Waals surface area (Å²) >= 11 is 6.09. The first kappa shape index (κ1) is 12.4. The van der Waals surface area contributed by atoms with E-state index in [-0.39, 0.29) is 0 Å². The minimum absolute atomic E-state index is 0.353. The molecule has 1 aromatic heterocycles. The molecule has 0 unspecified atom stereocenters. The molecule has 6 heteroatoms. The summed E-state index contributed by atoms with van der Waals surface area (Å²) in [4.78, 5) is 11.4. The molecule has 0 aliphatic carbocycles. The van der Waals surface area contributed by atoms with Gasteiger partial charge in [-0.05, 0) is 32.0 Å². The first-order valence-corrected chi connectivity index (χ1v) is 5.71. The molecule has 18 heavy (non-hydrogen) atoms. The van der Waals surface area contributed by atoms with Gasteiger partial charge in [0.05, 0.1) is 27.7 Å². The minimum atomic E-state index is -0.534. The number of carbonyl (C=O) groups excluding carboxylic acids is 1. The first-order valence-electron chi connectivity index (χ1n) is 5.33. The highest BCUT2D eigenvalue weighted by atomic mass is 35.5. The van der Waals surface area contributed by atoms with Gasteiger partial charge >= 0.3 is 0 Å². The standard InChI is InChI=1S/C12H13ClN4O/c1-6-11(13)7(2)17(16-6)10-5-8(14)3-4-9(10)12(15)18/h3-5H,14H2,1-2H3,(H2,15,18). The number of amides is 1. The average Bonchev–Trinajstić information content (AvgIpc) is 2.56. The number of hydrogen-bond acceptors (Lipinski definition) is 3. The third kappa shape index (κ3) is 1.93. The zero-order chi connectivity index (χ0) is 13.4. The molecule has 0 saturated heterocycles. The number of halogens is 1. The zero-order valence-corrected chi connectivity index (χ0v) is 10.8. The highest BCUT2D eigenvalue weighted by Crippen LogP contribution is 2.25. The van der Waals surface area contributed by atoms with Crippen molar-refractivity contribution in [1.82, 2.24) is 9.78 Å². The van der Waals surface area contributed by atoms with Crippen molar-refractivity contribution < 1.29 is 4.79 Å². The Bertz CT molecular complexity index is 633. The highest BCUT2D eigenvalue weighted by Gasteiger charge is 2.16. The third-order valence-electron chi connectivity index (χ3n) is 2.72. The van der Waals surface area contributed by atoms with E-state index in [0.29, 0.717) is 27.7 Å². The summed E-state index contributed by atoms with van der Waals surface area (Å²) in [7, 11) is 0. The maximum atomic E-state index is 11.4. The van der Waals surface area contributed by atoms with Crippen LogP contribution >= 0.6 is 11.6 Å². The van der Waals surface area contributed by atoms with E-state index < -0.39 is 5.91 Å². The second kappa shape index (κ2) is 4.34. The lowest BCUT2D eigenvalue weighted by Crippen LogP contribution is -2.16. The fourth-order valence-electron chi connectivity index (χ4n) is 1.79. The van der Waals surface area contributed by atoms with Gasteiger partial charge in [-0.1, -0.05) is 11.6 Å². The number of aromatic nitrogens is 2. The molecule has 5 nitrogen and oxygen atoms in total. The summed E-state index contributed by atoms with van der Waals surface area (Å²) in [6.07, 6.45) is 0. The molecule has 0 aliphatic rings. The molecular weight excluding hydrogens is 252 g/mol. The molecule has 0 radical (unpaired) electrons. The quantitative estimate of drug-likeness (QED) is 0.811. The van der Waals surface area contributed by atoms with E-state index in [1.54, 1.807) is 29.8 Å². The Kier molecular flexibility index (Phi) is 3.00.